The van der Waals surface area contributed by atoms with Gasteiger partial charge in [0.2, 0.25) is 0 Å². The summed E-state index contributed by atoms with van der Waals surface area (Å²) in [5, 5.41) is 10.6. The van der Waals surface area contributed by atoms with Crippen molar-refractivity contribution in [1.29, 1.82) is 0 Å². The van der Waals surface area contributed by atoms with E-state index >= 15 is 0 Å². The van der Waals surface area contributed by atoms with Gasteiger partial charge in [0.25, 0.3) is 5.69 Å². The number of piperidine rings is 1. The molecule has 1 aromatic rings. The van der Waals surface area contributed by atoms with E-state index in [4.69, 9.17) is 9.47 Å². The second-order valence-electron chi connectivity index (χ2n) is 7.36. The summed E-state index contributed by atoms with van der Waals surface area (Å²) in [6.45, 7) is 6.50. The van der Waals surface area contributed by atoms with Gasteiger partial charge in [-0.1, -0.05) is 0 Å². The number of hydrogen-bond donors (Lipinski definition) is 0. The SMILES string of the molecule is CC(C)(C)OC(=O)N1CCCC(CC(=O)Oc2ccc([N+](=O)[O-])cc2)C1. The Balaban J connectivity index is 1.86. The van der Waals surface area contributed by atoms with Crippen LogP contribution in [0.3, 0.4) is 0 Å². The molecule has 1 saturated heterocycles. The van der Waals surface area contributed by atoms with Crippen LogP contribution in [0.4, 0.5) is 10.5 Å². The smallest absolute Gasteiger partial charge is 0.410 e. The van der Waals surface area contributed by atoms with Gasteiger partial charge in [0.05, 0.1) is 11.3 Å². The monoisotopic (exact) mass is 364 g/mol. The molecule has 1 heterocycles. The molecule has 1 aliphatic rings. The topological polar surface area (TPSA) is 99.0 Å². The highest BCUT2D eigenvalue weighted by Crippen LogP contribution is 2.23. The maximum absolute atomic E-state index is 12.2. The molecule has 0 radical (unpaired) electrons. The minimum atomic E-state index is -0.557. The minimum absolute atomic E-state index is 0.00168. The van der Waals surface area contributed by atoms with Gasteiger partial charge < -0.3 is 14.4 Å². The number of nitro groups is 1. The number of nitro benzene ring substituents is 1. The van der Waals surface area contributed by atoms with E-state index in [1.807, 2.05) is 20.8 Å². The summed E-state index contributed by atoms with van der Waals surface area (Å²) in [4.78, 5) is 36.0. The summed E-state index contributed by atoms with van der Waals surface area (Å²) in [6.07, 6.45) is 1.44. The van der Waals surface area contributed by atoms with Gasteiger partial charge in [-0.25, -0.2) is 4.79 Å². The maximum atomic E-state index is 12.2. The lowest BCUT2D eigenvalue weighted by Gasteiger charge is -2.33. The van der Waals surface area contributed by atoms with Crippen molar-refractivity contribution in [3.05, 3.63) is 34.4 Å². The standard InChI is InChI=1S/C18H24N2O6/c1-18(2,3)26-17(22)19-10-4-5-13(12-19)11-16(21)25-15-8-6-14(7-9-15)20(23)24/h6-9,13H,4-5,10-12H2,1-3H3. The van der Waals surface area contributed by atoms with Crippen LogP contribution in [-0.4, -0.2) is 40.6 Å². The van der Waals surface area contributed by atoms with E-state index in [9.17, 15) is 19.7 Å². The van der Waals surface area contributed by atoms with E-state index in [1.165, 1.54) is 24.3 Å². The first-order valence-corrected chi connectivity index (χ1v) is 8.57. The summed E-state index contributed by atoms with van der Waals surface area (Å²) in [7, 11) is 0. The molecular weight excluding hydrogens is 340 g/mol. The predicted octanol–water partition coefficient (Wildman–Crippen LogP) is 3.54. The van der Waals surface area contributed by atoms with Crippen molar-refractivity contribution in [3.63, 3.8) is 0 Å². The lowest BCUT2D eigenvalue weighted by molar-refractivity contribution is -0.384. The molecule has 0 saturated carbocycles. The number of hydrogen-bond acceptors (Lipinski definition) is 6. The summed E-state index contributed by atoms with van der Waals surface area (Å²) >= 11 is 0. The Morgan fingerprint density at radius 3 is 2.50 bits per heavy atom. The molecule has 8 heteroatoms. The zero-order chi connectivity index (χ0) is 19.3. The molecule has 1 atom stereocenters. The van der Waals surface area contributed by atoms with Crippen molar-refractivity contribution in [2.45, 2.75) is 45.6 Å². The lowest BCUT2D eigenvalue weighted by atomic mass is 9.95. The third kappa shape index (κ3) is 6.02. The summed E-state index contributed by atoms with van der Waals surface area (Å²) in [6, 6.07) is 5.36. The first-order valence-electron chi connectivity index (χ1n) is 8.57. The van der Waals surface area contributed by atoms with Gasteiger partial charge in [0.1, 0.15) is 11.4 Å². The Labute approximate surface area is 152 Å². The zero-order valence-corrected chi connectivity index (χ0v) is 15.3. The van der Waals surface area contributed by atoms with Crippen molar-refractivity contribution < 1.29 is 24.0 Å². The molecule has 26 heavy (non-hydrogen) atoms. The summed E-state index contributed by atoms with van der Waals surface area (Å²) in [5.41, 5.74) is -0.621. The molecule has 0 aliphatic carbocycles. The van der Waals surface area contributed by atoms with E-state index in [-0.39, 0.29) is 29.9 Å². The van der Waals surface area contributed by atoms with E-state index in [1.54, 1.807) is 4.90 Å². The van der Waals surface area contributed by atoms with Crippen LogP contribution < -0.4 is 4.74 Å². The Hall–Kier alpha value is -2.64. The van der Waals surface area contributed by atoms with Crippen molar-refractivity contribution in [3.8, 4) is 5.75 Å². The van der Waals surface area contributed by atoms with Gasteiger partial charge in [-0.3, -0.25) is 14.9 Å². The first-order chi connectivity index (χ1) is 12.1. The second-order valence-corrected chi connectivity index (χ2v) is 7.36. The van der Waals surface area contributed by atoms with Gasteiger partial charge in [0.15, 0.2) is 0 Å². The number of benzene rings is 1. The molecule has 2 rings (SSSR count). The van der Waals surface area contributed by atoms with Crippen molar-refractivity contribution in [1.82, 2.24) is 4.90 Å². The number of rotatable bonds is 4. The van der Waals surface area contributed by atoms with Gasteiger partial charge in [0, 0.05) is 25.2 Å². The fourth-order valence-electron chi connectivity index (χ4n) is 2.77. The van der Waals surface area contributed by atoms with Crippen LogP contribution in [0.1, 0.15) is 40.0 Å². The predicted molar refractivity (Wildman–Crippen MR) is 93.9 cm³/mol. The molecule has 0 spiro atoms. The number of carbonyl (C=O) groups excluding carboxylic acids is 2. The number of ether oxygens (including phenoxy) is 2. The highest BCUT2D eigenvalue weighted by Gasteiger charge is 2.29. The summed E-state index contributed by atoms with van der Waals surface area (Å²) < 4.78 is 10.6. The molecular formula is C18H24N2O6. The van der Waals surface area contributed by atoms with Gasteiger partial charge in [-0.05, 0) is 51.7 Å². The molecule has 1 amide bonds. The molecule has 1 aromatic carbocycles. The Kier molecular flexibility index (Phi) is 6.18. The third-order valence-electron chi connectivity index (χ3n) is 3.91. The normalized spacial score (nSPS) is 17.5. The molecule has 8 nitrogen and oxygen atoms in total. The van der Waals surface area contributed by atoms with Crippen molar-refractivity contribution in [2.24, 2.45) is 5.92 Å². The fourth-order valence-corrected chi connectivity index (χ4v) is 2.77. The summed E-state index contributed by atoms with van der Waals surface area (Å²) in [5.74, 6) is -0.155. The van der Waals surface area contributed by atoms with Crippen molar-refractivity contribution in [2.75, 3.05) is 13.1 Å². The van der Waals surface area contributed by atoms with E-state index in [0.717, 1.165) is 12.8 Å². The first kappa shape index (κ1) is 19.7. The van der Waals surface area contributed by atoms with Crippen molar-refractivity contribution >= 4 is 17.7 Å². The number of amides is 1. The molecule has 142 valence electrons. The second kappa shape index (κ2) is 8.16. The van der Waals surface area contributed by atoms with Crippen LogP contribution in [0.2, 0.25) is 0 Å². The minimum Gasteiger partial charge on any atom is -0.444 e. The van der Waals surface area contributed by atoms with Crippen LogP contribution in [0.5, 0.6) is 5.75 Å². The lowest BCUT2D eigenvalue weighted by Crippen LogP contribution is -2.43. The number of esters is 1. The van der Waals surface area contributed by atoms with Gasteiger partial charge >= 0.3 is 12.1 Å². The van der Waals surface area contributed by atoms with E-state index in [0.29, 0.717) is 13.1 Å². The average molecular weight is 364 g/mol. The molecule has 1 fully saturated rings. The molecule has 1 aliphatic heterocycles. The Bertz CT molecular complexity index is 665. The average Bonchev–Trinajstić information content (AvgIpc) is 2.54. The number of non-ortho nitro benzene ring substituents is 1. The fraction of sp³-hybridized carbons (Fsp3) is 0.556. The Morgan fingerprint density at radius 2 is 1.92 bits per heavy atom. The zero-order valence-electron chi connectivity index (χ0n) is 15.3. The number of carbonyl (C=O) groups is 2. The molecule has 1 unspecified atom stereocenters. The van der Waals surface area contributed by atoms with E-state index < -0.39 is 16.5 Å². The van der Waals surface area contributed by atoms with Gasteiger partial charge in [-0.2, -0.15) is 0 Å². The highest BCUT2D eigenvalue weighted by atomic mass is 16.6. The van der Waals surface area contributed by atoms with Crippen LogP contribution in [0.15, 0.2) is 24.3 Å². The van der Waals surface area contributed by atoms with Crippen LogP contribution in [0, 0.1) is 16.0 Å². The Morgan fingerprint density at radius 1 is 1.27 bits per heavy atom. The largest absolute Gasteiger partial charge is 0.444 e. The third-order valence-corrected chi connectivity index (χ3v) is 3.91. The number of nitrogens with zero attached hydrogens (tertiary/aromatic N) is 2. The van der Waals surface area contributed by atoms with Crippen LogP contribution >= 0.6 is 0 Å². The molecule has 0 bridgehead atoms. The van der Waals surface area contributed by atoms with E-state index in [2.05, 4.69) is 0 Å². The number of likely N-dealkylation sites (tertiary alicyclic amines) is 1. The quantitative estimate of drug-likeness (QED) is 0.351. The van der Waals surface area contributed by atoms with Crippen LogP contribution in [-0.2, 0) is 9.53 Å². The molecule has 0 N–H and O–H groups in total. The maximum Gasteiger partial charge on any atom is 0.410 e. The highest BCUT2D eigenvalue weighted by molar-refractivity contribution is 5.73. The van der Waals surface area contributed by atoms with Crippen LogP contribution in [0.25, 0.3) is 0 Å². The van der Waals surface area contributed by atoms with Gasteiger partial charge in [-0.15, -0.1) is 0 Å². The molecule has 0 aromatic heterocycles.